The fourth-order valence-corrected chi connectivity index (χ4v) is 3.28. The molecule has 2 aromatic rings. The lowest BCUT2D eigenvalue weighted by Crippen LogP contribution is -2.04. The topological polar surface area (TPSA) is 47.3 Å². The molecule has 6 heteroatoms. The Morgan fingerprint density at radius 1 is 1.24 bits per heavy atom. The zero-order valence-corrected chi connectivity index (χ0v) is 14.2. The minimum atomic E-state index is -0.371. The lowest BCUT2D eigenvalue weighted by Gasteiger charge is -2.13. The van der Waals surface area contributed by atoms with Gasteiger partial charge in [-0.05, 0) is 39.7 Å². The van der Waals surface area contributed by atoms with Gasteiger partial charge in [0.1, 0.15) is 11.6 Å². The maximum atomic E-state index is 13.4. The molecule has 1 aliphatic rings. The molecular weight excluding hydrogens is 403 g/mol. The Balaban J connectivity index is 1.84. The van der Waals surface area contributed by atoms with Gasteiger partial charge in [0.05, 0.1) is 22.5 Å². The summed E-state index contributed by atoms with van der Waals surface area (Å²) in [5.41, 5.74) is 9.16. The van der Waals surface area contributed by atoms with E-state index in [-0.39, 0.29) is 5.82 Å². The van der Waals surface area contributed by atoms with Crippen LogP contribution in [0.5, 0.6) is 5.75 Å². The van der Waals surface area contributed by atoms with Crippen molar-refractivity contribution in [2.24, 2.45) is 0 Å². The normalized spacial score (nSPS) is 12.9. The molecule has 0 aromatic heterocycles. The number of hydrogen-bond acceptors (Lipinski definition) is 3. The number of rotatable bonds is 3. The van der Waals surface area contributed by atoms with Crippen LogP contribution >= 0.6 is 31.9 Å². The molecule has 1 aliphatic heterocycles. The van der Waals surface area contributed by atoms with E-state index in [0.29, 0.717) is 29.0 Å². The van der Waals surface area contributed by atoms with Crippen LogP contribution in [-0.2, 0) is 13.0 Å². The largest absolute Gasteiger partial charge is 0.493 e. The number of hydrogen-bond donors (Lipinski definition) is 2. The number of benzene rings is 2. The van der Waals surface area contributed by atoms with Crippen LogP contribution in [0.4, 0.5) is 15.8 Å². The molecule has 21 heavy (non-hydrogen) atoms. The average Bonchev–Trinajstić information content (AvgIpc) is 2.89. The van der Waals surface area contributed by atoms with Crippen molar-refractivity contribution in [1.82, 2.24) is 0 Å². The first-order valence-electron chi connectivity index (χ1n) is 6.47. The summed E-state index contributed by atoms with van der Waals surface area (Å²) in [6.45, 7) is 1.27. The second kappa shape index (κ2) is 5.85. The van der Waals surface area contributed by atoms with E-state index < -0.39 is 0 Å². The van der Waals surface area contributed by atoms with Gasteiger partial charge in [0.25, 0.3) is 0 Å². The number of ether oxygens (including phenoxy) is 1. The minimum Gasteiger partial charge on any atom is -0.493 e. The van der Waals surface area contributed by atoms with E-state index in [9.17, 15) is 4.39 Å². The van der Waals surface area contributed by atoms with Crippen LogP contribution in [0.25, 0.3) is 0 Å². The predicted molar refractivity (Wildman–Crippen MR) is 89.2 cm³/mol. The molecule has 0 radical (unpaired) electrons. The van der Waals surface area contributed by atoms with Gasteiger partial charge in [-0.15, -0.1) is 0 Å². The number of nitrogens with one attached hydrogen (secondary N) is 1. The monoisotopic (exact) mass is 414 g/mol. The van der Waals surface area contributed by atoms with Gasteiger partial charge in [-0.3, -0.25) is 0 Å². The lowest BCUT2D eigenvalue weighted by atomic mass is 10.1. The van der Waals surface area contributed by atoms with Crippen molar-refractivity contribution in [2.45, 2.75) is 13.0 Å². The lowest BCUT2D eigenvalue weighted by molar-refractivity contribution is 0.354. The summed E-state index contributed by atoms with van der Waals surface area (Å²) < 4.78 is 20.5. The fourth-order valence-electron chi connectivity index (χ4n) is 2.38. The van der Waals surface area contributed by atoms with Crippen molar-refractivity contribution in [3.8, 4) is 5.75 Å². The Morgan fingerprint density at radius 3 is 2.86 bits per heavy atom. The zero-order valence-electron chi connectivity index (χ0n) is 11.1. The molecule has 0 bridgehead atoms. The quantitative estimate of drug-likeness (QED) is 0.726. The van der Waals surface area contributed by atoms with Crippen molar-refractivity contribution >= 4 is 43.2 Å². The third-order valence-corrected chi connectivity index (χ3v) is 4.45. The van der Waals surface area contributed by atoms with Crippen LogP contribution in [0.2, 0.25) is 0 Å². The maximum absolute atomic E-state index is 13.4. The van der Waals surface area contributed by atoms with Gasteiger partial charge in [0, 0.05) is 29.1 Å². The van der Waals surface area contributed by atoms with E-state index in [1.54, 1.807) is 6.07 Å². The van der Waals surface area contributed by atoms with Crippen molar-refractivity contribution in [3.63, 3.8) is 0 Å². The third-order valence-electron chi connectivity index (χ3n) is 3.39. The first kappa shape index (κ1) is 14.7. The van der Waals surface area contributed by atoms with Gasteiger partial charge in [-0.2, -0.15) is 0 Å². The zero-order chi connectivity index (χ0) is 15.0. The van der Waals surface area contributed by atoms with Crippen molar-refractivity contribution < 1.29 is 9.13 Å². The Kier molecular flexibility index (Phi) is 4.08. The highest BCUT2D eigenvalue weighted by Crippen LogP contribution is 2.34. The summed E-state index contributed by atoms with van der Waals surface area (Å²) in [7, 11) is 0. The number of nitrogen functional groups attached to an aromatic ring is 1. The molecule has 0 atom stereocenters. The van der Waals surface area contributed by atoms with Crippen LogP contribution in [0.1, 0.15) is 11.1 Å². The minimum absolute atomic E-state index is 0.371. The smallest absolute Gasteiger partial charge is 0.139 e. The number of nitrogens with two attached hydrogens (primary N) is 1. The molecule has 0 amide bonds. The number of anilines is 2. The molecule has 3 rings (SSSR count). The van der Waals surface area contributed by atoms with Crippen molar-refractivity contribution in [2.75, 3.05) is 17.7 Å². The fraction of sp³-hybridized carbons (Fsp3) is 0.200. The molecule has 110 valence electrons. The van der Waals surface area contributed by atoms with Crippen LogP contribution in [-0.4, -0.2) is 6.61 Å². The molecule has 0 aliphatic carbocycles. The molecule has 0 unspecified atom stereocenters. The summed E-state index contributed by atoms with van der Waals surface area (Å²) in [5.74, 6) is 0.565. The Morgan fingerprint density at radius 2 is 2.05 bits per heavy atom. The molecule has 0 saturated carbocycles. The molecule has 1 heterocycles. The van der Waals surface area contributed by atoms with Crippen LogP contribution in [0, 0.1) is 5.82 Å². The van der Waals surface area contributed by atoms with Gasteiger partial charge in [0.15, 0.2) is 0 Å². The third kappa shape index (κ3) is 3.01. The summed E-state index contributed by atoms with van der Waals surface area (Å²) >= 11 is 6.68. The van der Waals surface area contributed by atoms with Crippen LogP contribution in [0.15, 0.2) is 33.2 Å². The van der Waals surface area contributed by atoms with Gasteiger partial charge < -0.3 is 15.8 Å². The van der Waals surface area contributed by atoms with E-state index in [4.69, 9.17) is 10.5 Å². The molecule has 0 fully saturated rings. The molecule has 0 spiro atoms. The van der Waals surface area contributed by atoms with Gasteiger partial charge in [0.2, 0.25) is 0 Å². The Bertz CT molecular complexity index is 707. The van der Waals surface area contributed by atoms with Gasteiger partial charge in [-0.25, -0.2) is 4.39 Å². The van der Waals surface area contributed by atoms with E-state index in [1.807, 2.05) is 6.07 Å². The van der Waals surface area contributed by atoms with E-state index >= 15 is 0 Å². The highest BCUT2D eigenvalue weighted by atomic mass is 79.9. The maximum Gasteiger partial charge on any atom is 0.139 e. The highest BCUT2D eigenvalue weighted by Gasteiger charge is 2.17. The predicted octanol–water partition coefficient (Wildman–Crippen LogP) is 4.48. The van der Waals surface area contributed by atoms with Crippen molar-refractivity contribution in [1.29, 1.82) is 0 Å². The standard InChI is InChI=1S/C15H13Br2FN2O/c16-10-3-8-1-2-21-15(8)9(4-10)7-20-14-5-11(17)12(18)6-13(14)19/h3-6,20H,1-2,7,19H2. The highest BCUT2D eigenvalue weighted by molar-refractivity contribution is 9.10. The average molecular weight is 416 g/mol. The first-order valence-corrected chi connectivity index (χ1v) is 8.05. The molecule has 2 aromatic carbocycles. The van der Waals surface area contributed by atoms with E-state index in [2.05, 4.69) is 43.2 Å². The second-order valence-corrected chi connectivity index (χ2v) is 6.63. The van der Waals surface area contributed by atoms with Crippen LogP contribution < -0.4 is 15.8 Å². The van der Waals surface area contributed by atoms with E-state index in [1.165, 1.54) is 11.6 Å². The summed E-state index contributed by atoms with van der Waals surface area (Å²) in [5, 5.41) is 3.23. The second-order valence-electron chi connectivity index (χ2n) is 4.86. The molecular formula is C15H13Br2FN2O. The molecule has 3 N–H and O–H groups in total. The SMILES string of the molecule is Nc1cc(F)c(Br)cc1NCc1cc(Br)cc2c1OCC2. The molecule has 0 saturated heterocycles. The number of halogens is 3. The van der Waals surface area contributed by atoms with Crippen LogP contribution in [0.3, 0.4) is 0 Å². The van der Waals surface area contributed by atoms with Gasteiger partial charge >= 0.3 is 0 Å². The van der Waals surface area contributed by atoms with Gasteiger partial charge in [-0.1, -0.05) is 15.9 Å². The summed E-state index contributed by atoms with van der Waals surface area (Å²) in [6.07, 6.45) is 0.923. The number of fused-ring (bicyclic) bond motifs is 1. The van der Waals surface area contributed by atoms with Crippen molar-refractivity contribution in [3.05, 3.63) is 50.2 Å². The first-order chi connectivity index (χ1) is 10.0. The Labute approximate surface area is 138 Å². The Hall–Kier alpha value is -1.27. The summed E-state index contributed by atoms with van der Waals surface area (Å²) in [6, 6.07) is 7.04. The summed E-state index contributed by atoms with van der Waals surface area (Å²) in [4.78, 5) is 0. The molecule has 3 nitrogen and oxygen atoms in total. The van der Waals surface area contributed by atoms with E-state index in [0.717, 1.165) is 22.2 Å².